The molecule has 0 bridgehead atoms. The average molecular weight is 707 g/mol. The monoisotopic (exact) mass is 707 g/mol. The summed E-state index contributed by atoms with van der Waals surface area (Å²) in [5.41, 5.74) is 4.54. The highest BCUT2D eigenvalue weighted by molar-refractivity contribution is 7.32. The van der Waals surface area contributed by atoms with Crippen LogP contribution in [0.2, 0.25) is 0 Å². The third-order valence-electron chi connectivity index (χ3n) is 8.22. The number of aliphatic hydroxyl groups is 1. The summed E-state index contributed by atoms with van der Waals surface area (Å²) in [7, 11) is -2.68. The Balaban J connectivity index is 0. The van der Waals surface area contributed by atoms with Crippen LogP contribution in [0.5, 0.6) is 0 Å². The molecule has 0 saturated heterocycles. The molecule has 0 aliphatic carbocycles. The Morgan fingerprint density at radius 1 is 0.583 bits per heavy atom. The molecule has 4 N–H and O–H groups in total. The van der Waals surface area contributed by atoms with Crippen LogP contribution < -0.4 is 5.73 Å². The van der Waals surface area contributed by atoms with Crippen molar-refractivity contribution in [1.82, 2.24) is 0 Å². The fourth-order valence-electron chi connectivity index (χ4n) is 5.32. The van der Waals surface area contributed by atoms with Crippen LogP contribution in [0.3, 0.4) is 0 Å². The normalized spacial score (nSPS) is 11.8. The quantitative estimate of drug-likeness (QED) is 0.0331. The smallest absolute Gasteiger partial charge is 0.462 e. The molecule has 0 aliphatic rings. The second kappa shape index (κ2) is 39.8. The van der Waals surface area contributed by atoms with E-state index < -0.39 is 26.9 Å². The predicted molar refractivity (Wildman–Crippen MR) is 194 cm³/mol. The van der Waals surface area contributed by atoms with Crippen LogP contribution in [-0.4, -0.2) is 53.8 Å². The molecule has 48 heavy (non-hydrogen) atoms. The van der Waals surface area contributed by atoms with Crippen molar-refractivity contribution in [2.24, 2.45) is 5.73 Å². The summed E-state index contributed by atoms with van der Waals surface area (Å²) >= 11 is 0. The second-order valence-electron chi connectivity index (χ2n) is 12.9. The molecule has 0 rings (SSSR count). The highest BCUT2D eigenvalue weighted by atomic mass is 31.1. The lowest BCUT2D eigenvalue weighted by Gasteiger charge is -2.15. The molecule has 0 saturated carbocycles. The maximum atomic E-state index is 12.1. The first-order chi connectivity index (χ1) is 23.3. The Morgan fingerprint density at radius 2 is 0.917 bits per heavy atom. The van der Waals surface area contributed by atoms with Crippen LogP contribution in [0.1, 0.15) is 194 Å². The zero-order valence-corrected chi connectivity index (χ0v) is 31.7. The average Bonchev–Trinajstić information content (AvgIpc) is 3.06. The summed E-state index contributed by atoms with van der Waals surface area (Å²) in [5, 5.41) is 9.50. The number of aliphatic hydroxyl groups excluding tert-OH is 1. The third-order valence-corrected chi connectivity index (χ3v) is 8.57. The summed E-state index contributed by atoms with van der Waals surface area (Å²) < 4.78 is 24.1. The molecule has 2 atom stereocenters. The van der Waals surface area contributed by atoms with E-state index in [-0.39, 0.29) is 25.2 Å². The van der Waals surface area contributed by atoms with E-state index in [4.69, 9.17) is 14.4 Å². The van der Waals surface area contributed by atoms with E-state index in [9.17, 15) is 24.1 Å². The molecule has 0 spiro atoms. The number of rotatable bonds is 35. The van der Waals surface area contributed by atoms with Crippen LogP contribution in [0.4, 0.5) is 0 Å². The zero-order chi connectivity index (χ0) is 35.9. The van der Waals surface area contributed by atoms with E-state index in [1.807, 2.05) is 0 Å². The standard InChI is InChI=1S/C35H68O5.C2H4NO4P/c1-3-5-7-9-11-13-15-17-19-21-23-25-27-29-34(37)39-32-33(31-36)40-35(38)30-28-26-24-22-20-18-16-14-12-10-8-6-4-2;3-2(4)1-7-8(5)6/h33,36H,3-32H2,1-2H3;1H2,(H2-,3,4,5,6)/p+1/t33-;/m0./s1. The van der Waals surface area contributed by atoms with E-state index >= 15 is 0 Å². The van der Waals surface area contributed by atoms with Gasteiger partial charge < -0.3 is 20.3 Å². The van der Waals surface area contributed by atoms with Gasteiger partial charge in [-0.05, 0) is 12.8 Å². The van der Waals surface area contributed by atoms with Gasteiger partial charge in [-0.2, -0.15) is 0 Å². The topological polar surface area (TPSA) is 162 Å². The van der Waals surface area contributed by atoms with Gasteiger partial charge in [0.1, 0.15) is 6.61 Å². The minimum absolute atomic E-state index is 0.0574. The number of esters is 2. The zero-order valence-electron chi connectivity index (χ0n) is 30.8. The number of nitrogens with two attached hydrogens (primary N) is 1. The van der Waals surface area contributed by atoms with Crippen molar-refractivity contribution in [3.8, 4) is 0 Å². The van der Waals surface area contributed by atoms with Crippen LogP contribution in [0.15, 0.2) is 0 Å². The number of carbonyl (C=O) groups is 3. The molecule has 284 valence electrons. The molecular formula is C37H73NO9P+. The summed E-state index contributed by atoms with van der Waals surface area (Å²) in [4.78, 5) is 41.8. The van der Waals surface area contributed by atoms with Crippen molar-refractivity contribution in [3.05, 3.63) is 0 Å². The lowest BCUT2D eigenvalue weighted by atomic mass is 10.0. The highest BCUT2D eigenvalue weighted by Gasteiger charge is 2.16. The van der Waals surface area contributed by atoms with Crippen molar-refractivity contribution in [2.45, 2.75) is 200 Å². The van der Waals surface area contributed by atoms with Gasteiger partial charge in [-0.25, -0.2) is 0 Å². The number of primary amides is 1. The van der Waals surface area contributed by atoms with Gasteiger partial charge in [0.25, 0.3) is 0 Å². The lowest BCUT2D eigenvalue weighted by molar-refractivity contribution is -0.161. The first-order valence-corrected chi connectivity index (χ1v) is 20.4. The number of ether oxygens (including phenoxy) is 2. The molecule has 0 aromatic rings. The molecule has 0 aromatic heterocycles. The van der Waals surface area contributed by atoms with Gasteiger partial charge in [0.05, 0.1) is 6.61 Å². The third kappa shape index (κ3) is 42.4. The van der Waals surface area contributed by atoms with Crippen LogP contribution in [0.25, 0.3) is 0 Å². The van der Waals surface area contributed by atoms with Gasteiger partial charge >= 0.3 is 20.2 Å². The van der Waals surface area contributed by atoms with Gasteiger partial charge in [0.15, 0.2) is 12.7 Å². The van der Waals surface area contributed by atoms with Gasteiger partial charge in [0.2, 0.25) is 5.91 Å². The SMILES string of the molecule is CCCCCCCCCCCCCCCC(=O)OC[C@H](CO)OC(=O)CCCCCCCCCCCCCCC.NC(=O)CO[P+](=O)O. The maximum Gasteiger partial charge on any atom is 0.695 e. The van der Waals surface area contributed by atoms with E-state index in [1.54, 1.807) is 0 Å². The second-order valence-corrected chi connectivity index (χ2v) is 13.7. The Morgan fingerprint density at radius 3 is 1.21 bits per heavy atom. The first-order valence-electron chi connectivity index (χ1n) is 19.3. The Labute approximate surface area is 294 Å². The molecule has 11 heteroatoms. The van der Waals surface area contributed by atoms with Gasteiger partial charge in [-0.3, -0.25) is 14.4 Å². The fourth-order valence-corrected chi connectivity index (χ4v) is 5.56. The number of unbranched alkanes of at least 4 members (excludes halogenated alkanes) is 24. The number of hydrogen-bond donors (Lipinski definition) is 3. The van der Waals surface area contributed by atoms with Crippen molar-refractivity contribution < 1.29 is 42.9 Å². The molecule has 1 unspecified atom stereocenters. The lowest BCUT2D eigenvalue weighted by Crippen LogP contribution is -2.28. The Bertz CT molecular complexity index is 740. The minimum atomic E-state index is -2.68. The highest BCUT2D eigenvalue weighted by Crippen LogP contribution is 2.15. The number of amides is 1. The van der Waals surface area contributed by atoms with Crippen LogP contribution in [-0.2, 0) is 32.9 Å². The molecule has 0 heterocycles. The minimum Gasteiger partial charge on any atom is -0.462 e. The molecule has 10 nitrogen and oxygen atoms in total. The van der Waals surface area contributed by atoms with Gasteiger partial charge in [0, 0.05) is 17.4 Å². The van der Waals surface area contributed by atoms with Crippen LogP contribution >= 0.6 is 8.25 Å². The van der Waals surface area contributed by atoms with E-state index in [2.05, 4.69) is 24.1 Å². The molecule has 0 aliphatic heterocycles. The van der Waals surface area contributed by atoms with Gasteiger partial charge in [-0.1, -0.05) is 168 Å². The summed E-state index contributed by atoms with van der Waals surface area (Å²) in [5.74, 6) is -1.34. The van der Waals surface area contributed by atoms with E-state index in [0.717, 1.165) is 32.1 Å². The largest absolute Gasteiger partial charge is 0.695 e. The maximum absolute atomic E-state index is 12.1. The molecule has 1 amide bonds. The van der Waals surface area contributed by atoms with Crippen molar-refractivity contribution >= 4 is 26.1 Å². The summed E-state index contributed by atoms with van der Waals surface area (Å²) in [6.45, 7) is 3.63. The molecule has 0 fully saturated rings. The van der Waals surface area contributed by atoms with E-state index in [1.165, 1.54) is 135 Å². The Hall–Kier alpha value is -1.61. The molecule has 0 aromatic carbocycles. The fraction of sp³-hybridized carbons (Fsp3) is 0.919. The van der Waals surface area contributed by atoms with Crippen molar-refractivity contribution in [1.29, 1.82) is 0 Å². The molecular weight excluding hydrogens is 633 g/mol. The van der Waals surface area contributed by atoms with Gasteiger partial charge in [-0.15, -0.1) is 9.42 Å². The van der Waals surface area contributed by atoms with Crippen molar-refractivity contribution in [3.63, 3.8) is 0 Å². The molecule has 0 radical (unpaired) electrons. The summed E-state index contributed by atoms with van der Waals surface area (Å²) in [6.07, 6.45) is 32.9. The first kappa shape index (κ1) is 48.5. The van der Waals surface area contributed by atoms with Crippen LogP contribution in [0, 0.1) is 0 Å². The van der Waals surface area contributed by atoms with Crippen molar-refractivity contribution in [2.75, 3.05) is 19.8 Å². The predicted octanol–water partition coefficient (Wildman–Crippen LogP) is 9.53. The van der Waals surface area contributed by atoms with E-state index in [0.29, 0.717) is 12.8 Å². The number of carbonyl (C=O) groups excluding carboxylic acids is 3. The summed E-state index contributed by atoms with van der Waals surface area (Å²) in [6, 6.07) is 0. The number of hydrogen-bond acceptors (Lipinski definition) is 8. The Kier molecular flexibility index (Phi) is 40.2.